The Bertz CT molecular complexity index is 1030. The van der Waals surface area contributed by atoms with Crippen molar-refractivity contribution in [3.8, 4) is 5.75 Å². The van der Waals surface area contributed by atoms with E-state index in [4.69, 9.17) is 4.74 Å². The number of hydrogen-bond donors (Lipinski definition) is 0. The molecule has 5 nitrogen and oxygen atoms in total. The zero-order chi connectivity index (χ0) is 20.9. The maximum absolute atomic E-state index is 12.7. The normalized spacial score (nSPS) is 14.8. The van der Waals surface area contributed by atoms with Gasteiger partial charge in [-0.15, -0.1) is 0 Å². The van der Waals surface area contributed by atoms with Crippen molar-refractivity contribution >= 4 is 32.7 Å². The molecule has 156 valence electrons. The van der Waals surface area contributed by atoms with Crippen molar-refractivity contribution in [2.75, 3.05) is 33.3 Å². The predicted molar refractivity (Wildman–Crippen MR) is 123 cm³/mol. The fourth-order valence-corrected chi connectivity index (χ4v) is 4.55. The summed E-state index contributed by atoms with van der Waals surface area (Å²) in [5.74, 6) is 1.04. The summed E-state index contributed by atoms with van der Waals surface area (Å²) in [6, 6.07) is 16.4. The van der Waals surface area contributed by atoms with Crippen LogP contribution in [0.4, 0.5) is 0 Å². The molecule has 2 heterocycles. The average Bonchev–Trinajstić information content (AvgIpc) is 2.78. The second-order valence-corrected chi connectivity index (χ2v) is 8.47. The van der Waals surface area contributed by atoms with Crippen LogP contribution in [0.3, 0.4) is 0 Å². The number of benzene rings is 2. The van der Waals surface area contributed by atoms with Crippen molar-refractivity contribution in [1.29, 1.82) is 0 Å². The van der Waals surface area contributed by atoms with E-state index in [1.54, 1.807) is 7.11 Å². The number of hydrogen-bond acceptors (Lipinski definition) is 4. The number of para-hydroxylation sites is 1. The molecule has 3 aromatic rings. The molecule has 0 N–H and O–H groups in total. The van der Waals surface area contributed by atoms with Crippen molar-refractivity contribution in [2.45, 2.75) is 19.4 Å². The molecule has 4 rings (SSSR count). The SMILES string of the molecule is COc1ccc(CCC(=O)N2CCN(Cc3cccc4cccnc34)CC2)cc1Br. The molecule has 1 fully saturated rings. The van der Waals surface area contributed by atoms with Gasteiger partial charge in [0, 0.05) is 50.7 Å². The number of pyridine rings is 1. The van der Waals surface area contributed by atoms with Gasteiger partial charge >= 0.3 is 0 Å². The molecule has 6 heteroatoms. The van der Waals surface area contributed by atoms with Crippen LogP contribution in [0.15, 0.2) is 59.2 Å². The molecule has 2 aromatic carbocycles. The Labute approximate surface area is 185 Å². The summed E-state index contributed by atoms with van der Waals surface area (Å²) < 4.78 is 6.19. The van der Waals surface area contributed by atoms with Crippen molar-refractivity contribution in [3.05, 3.63) is 70.3 Å². The summed E-state index contributed by atoms with van der Waals surface area (Å²) in [5, 5.41) is 1.17. The lowest BCUT2D eigenvalue weighted by Gasteiger charge is -2.35. The highest BCUT2D eigenvalue weighted by Crippen LogP contribution is 2.26. The number of nitrogens with zero attached hydrogens (tertiary/aromatic N) is 3. The molecule has 1 aliphatic rings. The van der Waals surface area contributed by atoms with Gasteiger partial charge < -0.3 is 9.64 Å². The van der Waals surface area contributed by atoms with E-state index in [0.717, 1.165) is 60.4 Å². The Hall–Kier alpha value is -2.44. The number of aryl methyl sites for hydroxylation is 1. The lowest BCUT2D eigenvalue weighted by molar-refractivity contribution is -0.133. The highest BCUT2D eigenvalue weighted by molar-refractivity contribution is 9.10. The van der Waals surface area contributed by atoms with E-state index in [9.17, 15) is 4.79 Å². The van der Waals surface area contributed by atoms with Gasteiger partial charge in [0.1, 0.15) is 5.75 Å². The van der Waals surface area contributed by atoms with Gasteiger partial charge in [-0.25, -0.2) is 0 Å². The number of ether oxygens (including phenoxy) is 1. The van der Waals surface area contributed by atoms with Crippen LogP contribution in [0.1, 0.15) is 17.5 Å². The molecule has 1 aromatic heterocycles. The van der Waals surface area contributed by atoms with E-state index < -0.39 is 0 Å². The number of piperazine rings is 1. The highest BCUT2D eigenvalue weighted by Gasteiger charge is 2.21. The first kappa shape index (κ1) is 20.8. The molecule has 1 amide bonds. The van der Waals surface area contributed by atoms with Gasteiger partial charge in [0.15, 0.2) is 0 Å². The number of aromatic nitrogens is 1. The molecule has 0 bridgehead atoms. The predicted octanol–water partition coefficient (Wildman–Crippen LogP) is 4.28. The number of halogens is 1. The Morgan fingerprint density at radius 3 is 2.67 bits per heavy atom. The Kier molecular flexibility index (Phi) is 6.65. The smallest absolute Gasteiger partial charge is 0.222 e. The minimum atomic E-state index is 0.230. The molecule has 0 unspecified atom stereocenters. The van der Waals surface area contributed by atoms with E-state index in [1.807, 2.05) is 35.4 Å². The van der Waals surface area contributed by atoms with Crippen molar-refractivity contribution in [1.82, 2.24) is 14.8 Å². The molecule has 1 aliphatic heterocycles. The Morgan fingerprint density at radius 2 is 1.90 bits per heavy atom. The molecular weight excluding hydrogens is 442 g/mol. The third kappa shape index (κ3) is 4.82. The number of carbonyl (C=O) groups is 1. The van der Waals surface area contributed by atoms with Crippen molar-refractivity contribution < 1.29 is 9.53 Å². The minimum absolute atomic E-state index is 0.230. The average molecular weight is 468 g/mol. The molecule has 30 heavy (non-hydrogen) atoms. The second-order valence-electron chi connectivity index (χ2n) is 7.62. The number of fused-ring (bicyclic) bond motifs is 1. The quantitative estimate of drug-likeness (QED) is 0.542. The third-order valence-electron chi connectivity index (χ3n) is 5.68. The highest BCUT2D eigenvalue weighted by atomic mass is 79.9. The van der Waals surface area contributed by atoms with Crippen LogP contribution in [-0.4, -0.2) is 54.0 Å². The minimum Gasteiger partial charge on any atom is -0.496 e. The molecule has 0 spiro atoms. The second kappa shape index (κ2) is 9.58. The lowest BCUT2D eigenvalue weighted by atomic mass is 10.1. The zero-order valence-corrected chi connectivity index (χ0v) is 18.8. The van der Waals surface area contributed by atoms with Crippen LogP contribution < -0.4 is 4.74 Å². The van der Waals surface area contributed by atoms with Gasteiger partial charge in [0.05, 0.1) is 17.1 Å². The fraction of sp³-hybridized carbons (Fsp3) is 0.333. The van der Waals surface area contributed by atoms with E-state index in [2.05, 4.69) is 50.1 Å². The lowest BCUT2D eigenvalue weighted by Crippen LogP contribution is -2.48. The van der Waals surface area contributed by atoms with Crippen molar-refractivity contribution in [2.24, 2.45) is 0 Å². The van der Waals surface area contributed by atoms with E-state index in [0.29, 0.717) is 6.42 Å². The van der Waals surface area contributed by atoms with Crippen LogP contribution in [-0.2, 0) is 17.8 Å². The monoisotopic (exact) mass is 467 g/mol. The molecular formula is C24H26BrN3O2. The van der Waals surface area contributed by atoms with Gasteiger partial charge in [-0.1, -0.05) is 30.3 Å². The third-order valence-corrected chi connectivity index (χ3v) is 6.30. The first-order chi connectivity index (χ1) is 14.6. The van der Waals surface area contributed by atoms with Crippen LogP contribution in [0.2, 0.25) is 0 Å². The van der Waals surface area contributed by atoms with E-state index in [1.165, 1.54) is 10.9 Å². The fourth-order valence-electron chi connectivity index (χ4n) is 3.97. The summed E-state index contributed by atoms with van der Waals surface area (Å²) in [7, 11) is 1.65. The summed E-state index contributed by atoms with van der Waals surface area (Å²) >= 11 is 3.51. The van der Waals surface area contributed by atoms with Crippen molar-refractivity contribution in [3.63, 3.8) is 0 Å². The first-order valence-electron chi connectivity index (χ1n) is 10.3. The zero-order valence-electron chi connectivity index (χ0n) is 17.2. The van der Waals surface area contributed by atoms with Crippen LogP contribution in [0.25, 0.3) is 10.9 Å². The van der Waals surface area contributed by atoms with Crippen LogP contribution >= 0.6 is 15.9 Å². The summed E-state index contributed by atoms with van der Waals surface area (Å²) in [5.41, 5.74) is 3.46. The summed E-state index contributed by atoms with van der Waals surface area (Å²) in [6.07, 6.45) is 3.12. The van der Waals surface area contributed by atoms with E-state index >= 15 is 0 Å². The van der Waals surface area contributed by atoms with Crippen LogP contribution in [0, 0.1) is 0 Å². The largest absolute Gasteiger partial charge is 0.496 e. The van der Waals surface area contributed by atoms with Gasteiger partial charge in [-0.2, -0.15) is 0 Å². The first-order valence-corrected chi connectivity index (χ1v) is 11.1. The topological polar surface area (TPSA) is 45.7 Å². The molecule has 0 radical (unpaired) electrons. The molecule has 1 saturated heterocycles. The van der Waals surface area contributed by atoms with Crippen LogP contribution in [0.5, 0.6) is 5.75 Å². The van der Waals surface area contributed by atoms with Gasteiger partial charge in [0.2, 0.25) is 5.91 Å². The van der Waals surface area contributed by atoms with Gasteiger partial charge in [0.25, 0.3) is 0 Å². The van der Waals surface area contributed by atoms with Gasteiger partial charge in [-0.05, 0) is 51.7 Å². The molecule has 0 saturated carbocycles. The number of amides is 1. The standard InChI is InChI=1S/C24H26BrN3O2/c1-30-22-9-7-18(16-21(22)25)8-10-23(29)28-14-12-27(13-15-28)17-20-5-2-4-19-6-3-11-26-24(19)20/h2-7,9,11,16H,8,10,12-15,17H2,1H3. The molecule has 0 aliphatic carbocycles. The molecule has 0 atom stereocenters. The van der Waals surface area contributed by atoms with Gasteiger partial charge in [-0.3, -0.25) is 14.7 Å². The van der Waals surface area contributed by atoms with E-state index in [-0.39, 0.29) is 5.91 Å². The maximum atomic E-state index is 12.7. The number of rotatable bonds is 6. The Morgan fingerprint density at radius 1 is 1.10 bits per heavy atom. The number of carbonyl (C=O) groups excluding carboxylic acids is 1. The Balaban J connectivity index is 1.28. The summed E-state index contributed by atoms with van der Waals surface area (Å²) in [4.78, 5) is 21.6. The maximum Gasteiger partial charge on any atom is 0.222 e. The summed E-state index contributed by atoms with van der Waals surface area (Å²) in [6.45, 7) is 4.22. The number of methoxy groups -OCH3 is 1.